The van der Waals surface area contributed by atoms with Crippen LogP contribution in [0.25, 0.3) is 0 Å². The number of carbonyl (C=O) groups is 3. The molecule has 2 fully saturated rings. The van der Waals surface area contributed by atoms with Crippen LogP contribution in [0.1, 0.15) is 52.0 Å². The summed E-state index contributed by atoms with van der Waals surface area (Å²) in [4.78, 5) is 41.2. The number of halogens is 2. The number of hydrogen-bond acceptors (Lipinski definition) is 6. The van der Waals surface area contributed by atoms with Crippen molar-refractivity contribution in [2.75, 3.05) is 32.8 Å². The summed E-state index contributed by atoms with van der Waals surface area (Å²) in [5.41, 5.74) is -0.00939. The molecule has 0 aromatic heterocycles. The average Bonchev–Trinajstić information content (AvgIpc) is 2.82. The van der Waals surface area contributed by atoms with Crippen molar-refractivity contribution in [2.24, 2.45) is 5.92 Å². The predicted octanol–water partition coefficient (Wildman–Crippen LogP) is 4.83. The summed E-state index contributed by atoms with van der Waals surface area (Å²) in [7, 11) is 0. The van der Waals surface area contributed by atoms with Crippen LogP contribution >= 0.6 is 23.2 Å². The molecule has 3 rings (SSSR count). The number of nitrogens with one attached hydrogen (secondary N) is 1. The van der Waals surface area contributed by atoms with E-state index < -0.39 is 23.9 Å². The van der Waals surface area contributed by atoms with Gasteiger partial charge in [0.15, 0.2) is 0 Å². The van der Waals surface area contributed by atoms with Crippen molar-refractivity contribution in [3.8, 4) is 0 Å². The number of benzene rings is 1. The van der Waals surface area contributed by atoms with Gasteiger partial charge in [-0.1, -0.05) is 42.1 Å². The Bertz CT molecular complexity index is 962. The Hall–Kier alpha value is -2.23. The molecule has 37 heavy (non-hydrogen) atoms. The Labute approximate surface area is 228 Å². The average molecular weight is 559 g/mol. The summed E-state index contributed by atoms with van der Waals surface area (Å²) in [6.07, 6.45) is 2.36. The summed E-state index contributed by atoms with van der Waals surface area (Å²) in [5, 5.41) is 12.6. The maximum atomic E-state index is 13.6. The molecule has 1 saturated carbocycles. The quantitative estimate of drug-likeness (QED) is 0.462. The minimum absolute atomic E-state index is 0.153. The topological polar surface area (TPSA) is 108 Å². The van der Waals surface area contributed by atoms with Crippen LogP contribution in [-0.4, -0.2) is 83.5 Å². The van der Waals surface area contributed by atoms with Crippen molar-refractivity contribution >= 4 is 41.4 Å². The van der Waals surface area contributed by atoms with Gasteiger partial charge in [-0.25, -0.2) is 9.59 Å². The lowest BCUT2D eigenvalue weighted by molar-refractivity contribution is -0.136. The van der Waals surface area contributed by atoms with Crippen molar-refractivity contribution in [3.63, 3.8) is 0 Å². The summed E-state index contributed by atoms with van der Waals surface area (Å²) in [6, 6.07) is 4.44. The zero-order valence-electron chi connectivity index (χ0n) is 21.7. The van der Waals surface area contributed by atoms with E-state index in [2.05, 4.69) is 10.2 Å². The molecule has 3 atom stereocenters. The van der Waals surface area contributed by atoms with Crippen molar-refractivity contribution in [3.05, 3.63) is 33.8 Å². The molecule has 1 aliphatic heterocycles. The Morgan fingerprint density at radius 2 is 1.78 bits per heavy atom. The first-order chi connectivity index (χ1) is 17.4. The molecule has 0 bridgehead atoms. The number of carbonyl (C=O) groups excluding carboxylic acids is 2. The first kappa shape index (κ1) is 29.3. The zero-order chi connectivity index (χ0) is 27.2. The maximum Gasteiger partial charge on any atom is 0.505 e. The molecule has 2 N–H and O–H groups in total. The number of piperazine rings is 1. The molecule has 206 valence electrons. The van der Waals surface area contributed by atoms with Crippen LogP contribution in [0.2, 0.25) is 10.0 Å². The van der Waals surface area contributed by atoms with Crippen molar-refractivity contribution in [2.45, 2.75) is 70.6 Å². The highest BCUT2D eigenvalue weighted by atomic mass is 35.5. The number of nitrogens with zero attached hydrogens (tertiary/aromatic N) is 2. The van der Waals surface area contributed by atoms with Gasteiger partial charge in [0.2, 0.25) is 5.91 Å². The lowest BCUT2D eigenvalue weighted by atomic mass is 9.83. The molecule has 2 unspecified atom stereocenters. The molecule has 1 saturated heterocycles. The van der Waals surface area contributed by atoms with E-state index in [1.54, 1.807) is 43.9 Å². The van der Waals surface area contributed by atoms with E-state index in [9.17, 15) is 14.4 Å². The van der Waals surface area contributed by atoms with Crippen LogP contribution in [0.5, 0.6) is 0 Å². The van der Waals surface area contributed by atoms with E-state index in [1.165, 1.54) is 0 Å². The highest BCUT2D eigenvalue weighted by molar-refractivity contribution is 6.35. The number of ether oxygens (including phenoxy) is 2. The van der Waals surface area contributed by atoms with E-state index in [1.807, 2.05) is 0 Å². The second-order valence-corrected chi connectivity index (χ2v) is 11.5. The molecular weight excluding hydrogens is 521 g/mol. The van der Waals surface area contributed by atoms with Crippen LogP contribution in [0.15, 0.2) is 18.2 Å². The summed E-state index contributed by atoms with van der Waals surface area (Å²) < 4.78 is 10.3. The summed E-state index contributed by atoms with van der Waals surface area (Å²) in [5.74, 6) is -0.0494. The van der Waals surface area contributed by atoms with Gasteiger partial charge in [-0.3, -0.25) is 9.69 Å². The van der Waals surface area contributed by atoms with Crippen molar-refractivity contribution < 1.29 is 29.0 Å². The Morgan fingerprint density at radius 1 is 1.11 bits per heavy atom. The van der Waals surface area contributed by atoms with Gasteiger partial charge in [0.05, 0.1) is 6.61 Å². The maximum absolute atomic E-state index is 13.6. The number of rotatable bonds is 7. The van der Waals surface area contributed by atoms with Gasteiger partial charge >= 0.3 is 12.2 Å². The van der Waals surface area contributed by atoms with Crippen molar-refractivity contribution in [1.29, 1.82) is 0 Å². The van der Waals surface area contributed by atoms with Gasteiger partial charge in [-0.2, -0.15) is 0 Å². The Morgan fingerprint density at radius 3 is 2.41 bits per heavy atom. The third kappa shape index (κ3) is 8.93. The molecular formula is C26H37Cl2N3O6. The number of amides is 2. The third-order valence-electron chi connectivity index (χ3n) is 6.81. The zero-order valence-corrected chi connectivity index (χ0v) is 23.2. The molecule has 1 aromatic rings. The fourth-order valence-electron chi connectivity index (χ4n) is 5.09. The second-order valence-electron chi connectivity index (χ2n) is 10.7. The molecule has 1 heterocycles. The minimum atomic E-state index is -1.25. The molecule has 2 aliphatic rings. The minimum Gasteiger partial charge on any atom is -0.450 e. The van der Waals surface area contributed by atoms with Crippen LogP contribution in [0.3, 0.4) is 0 Å². The van der Waals surface area contributed by atoms with Crippen LogP contribution < -0.4 is 5.32 Å². The van der Waals surface area contributed by atoms with Crippen LogP contribution in [0, 0.1) is 5.92 Å². The number of alkyl carbamates (subject to hydrolysis) is 1. The van der Waals surface area contributed by atoms with Gasteiger partial charge in [0.25, 0.3) is 0 Å². The smallest absolute Gasteiger partial charge is 0.450 e. The van der Waals surface area contributed by atoms with E-state index in [-0.39, 0.29) is 30.9 Å². The predicted molar refractivity (Wildman–Crippen MR) is 141 cm³/mol. The monoisotopic (exact) mass is 557 g/mol. The van der Waals surface area contributed by atoms with Crippen LogP contribution in [0.4, 0.5) is 9.59 Å². The first-order valence-electron chi connectivity index (χ1n) is 12.7. The standard InChI is InChI=1S/C26H37Cl2N3O6/c1-26(2,3)37-24(33)29-21(14-17-8-9-19(27)15-20(17)28)23(32)31-12-10-30(11-13-31)22-7-5-4-6-18(22)16-36-25(34)35/h8-9,15,18,21-22H,4-7,10-14,16H2,1-3H3,(H,29,33)(H,34,35)/t18?,21?,22-/m1/s1. The fourth-order valence-corrected chi connectivity index (χ4v) is 5.58. The molecule has 1 aliphatic carbocycles. The molecule has 1 aromatic carbocycles. The van der Waals surface area contributed by atoms with E-state index in [4.69, 9.17) is 37.8 Å². The SMILES string of the molecule is CC(C)(C)OC(=O)NC(Cc1ccc(Cl)cc1Cl)C(=O)N1CCN([C@@H]2CCCCC2COC(=O)O)CC1. The highest BCUT2D eigenvalue weighted by Gasteiger charge is 2.35. The van der Waals surface area contributed by atoms with E-state index >= 15 is 0 Å². The number of hydrogen-bond donors (Lipinski definition) is 2. The summed E-state index contributed by atoms with van der Waals surface area (Å²) in [6.45, 7) is 7.83. The van der Waals surface area contributed by atoms with E-state index in [0.717, 1.165) is 25.7 Å². The highest BCUT2D eigenvalue weighted by Crippen LogP contribution is 2.30. The molecule has 2 amide bonds. The van der Waals surface area contributed by atoms with Gasteiger partial charge in [0, 0.05) is 54.6 Å². The number of carboxylic acid groups (broad SMARTS) is 1. The lowest BCUT2D eigenvalue weighted by Gasteiger charge is -2.44. The Balaban J connectivity index is 1.67. The van der Waals surface area contributed by atoms with Gasteiger partial charge < -0.3 is 24.8 Å². The van der Waals surface area contributed by atoms with Gasteiger partial charge in [-0.15, -0.1) is 0 Å². The molecule has 0 radical (unpaired) electrons. The van der Waals surface area contributed by atoms with Gasteiger partial charge in [0.1, 0.15) is 11.6 Å². The third-order valence-corrected chi connectivity index (χ3v) is 7.40. The van der Waals surface area contributed by atoms with E-state index in [0.29, 0.717) is 41.8 Å². The normalized spacial score (nSPS) is 21.7. The fraction of sp³-hybridized carbons (Fsp3) is 0.654. The summed E-state index contributed by atoms with van der Waals surface area (Å²) >= 11 is 12.4. The van der Waals surface area contributed by atoms with Gasteiger partial charge in [-0.05, 0) is 51.3 Å². The van der Waals surface area contributed by atoms with Crippen LogP contribution in [-0.2, 0) is 20.7 Å². The first-order valence-corrected chi connectivity index (χ1v) is 13.5. The lowest BCUT2D eigenvalue weighted by Crippen LogP contribution is -2.58. The molecule has 9 nitrogen and oxygen atoms in total. The second kappa shape index (κ2) is 13.0. The molecule has 0 spiro atoms. The molecule has 11 heteroatoms. The largest absolute Gasteiger partial charge is 0.505 e. The van der Waals surface area contributed by atoms with Crippen molar-refractivity contribution in [1.82, 2.24) is 15.1 Å². The Kier molecular flexibility index (Phi) is 10.3.